The molecule has 0 bridgehead atoms. The second-order valence-electron chi connectivity index (χ2n) is 6.50. The van der Waals surface area contributed by atoms with Gasteiger partial charge in [-0.05, 0) is 45.6 Å². The summed E-state index contributed by atoms with van der Waals surface area (Å²) in [5.74, 6) is 0. The third-order valence-corrected chi connectivity index (χ3v) is 4.30. The fraction of sp³-hybridized carbons (Fsp3) is 0.625. The molecule has 0 aromatic heterocycles. The van der Waals surface area contributed by atoms with E-state index in [9.17, 15) is 5.11 Å². The van der Waals surface area contributed by atoms with Crippen LogP contribution in [0.5, 0.6) is 0 Å². The highest BCUT2D eigenvalue weighted by Gasteiger charge is 2.44. The molecular formula is C16H25NO. The van der Waals surface area contributed by atoms with Crippen molar-refractivity contribution in [2.24, 2.45) is 5.73 Å². The van der Waals surface area contributed by atoms with Crippen LogP contribution in [-0.4, -0.2) is 16.7 Å². The summed E-state index contributed by atoms with van der Waals surface area (Å²) in [6, 6.07) is 8.77. The van der Waals surface area contributed by atoms with Crippen LogP contribution in [0.1, 0.15) is 50.7 Å². The molecule has 18 heavy (non-hydrogen) atoms. The Morgan fingerprint density at radius 3 is 2.22 bits per heavy atom. The van der Waals surface area contributed by atoms with E-state index in [2.05, 4.69) is 31.2 Å². The molecule has 0 spiro atoms. The highest BCUT2D eigenvalue weighted by Crippen LogP contribution is 2.47. The molecule has 1 fully saturated rings. The summed E-state index contributed by atoms with van der Waals surface area (Å²) in [6.07, 6.45) is 4.19. The lowest BCUT2D eigenvalue weighted by molar-refractivity contribution is 0.0410. The van der Waals surface area contributed by atoms with Gasteiger partial charge in [-0.3, -0.25) is 0 Å². The maximum Gasteiger partial charge on any atom is 0.0606 e. The number of hydrogen-bond donors (Lipinski definition) is 2. The SMILES string of the molecule is Cc1ccc(C2(C(N)CC(C)(C)O)CCC2)cc1. The first kappa shape index (κ1) is 13.6. The summed E-state index contributed by atoms with van der Waals surface area (Å²) in [5, 5.41) is 9.98. The van der Waals surface area contributed by atoms with E-state index in [0.29, 0.717) is 6.42 Å². The number of aryl methyl sites for hydroxylation is 1. The summed E-state index contributed by atoms with van der Waals surface area (Å²) in [7, 11) is 0. The Hall–Kier alpha value is -0.860. The molecule has 0 heterocycles. The van der Waals surface area contributed by atoms with Crippen LogP contribution in [-0.2, 0) is 5.41 Å². The highest BCUT2D eigenvalue weighted by molar-refractivity contribution is 5.33. The van der Waals surface area contributed by atoms with Gasteiger partial charge in [0.15, 0.2) is 0 Å². The van der Waals surface area contributed by atoms with Crippen LogP contribution in [0.4, 0.5) is 0 Å². The quantitative estimate of drug-likeness (QED) is 0.859. The van der Waals surface area contributed by atoms with Crippen LogP contribution in [0.3, 0.4) is 0 Å². The Balaban J connectivity index is 2.22. The van der Waals surface area contributed by atoms with Crippen molar-refractivity contribution in [1.29, 1.82) is 0 Å². The summed E-state index contributed by atoms with van der Waals surface area (Å²) in [4.78, 5) is 0. The largest absolute Gasteiger partial charge is 0.390 e. The Bertz CT molecular complexity index is 398. The van der Waals surface area contributed by atoms with Crippen molar-refractivity contribution in [1.82, 2.24) is 0 Å². The van der Waals surface area contributed by atoms with Crippen LogP contribution < -0.4 is 5.73 Å². The minimum atomic E-state index is -0.688. The molecule has 100 valence electrons. The average Bonchev–Trinajstić information content (AvgIpc) is 2.16. The maximum atomic E-state index is 9.98. The third kappa shape index (κ3) is 2.60. The molecule has 0 radical (unpaired) electrons. The Morgan fingerprint density at radius 1 is 1.28 bits per heavy atom. The molecule has 1 saturated carbocycles. The Morgan fingerprint density at radius 2 is 1.83 bits per heavy atom. The lowest BCUT2D eigenvalue weighted by atomic mass is 9.59. The van der Waals surface area contributed by atoms with Gasteiger partial charge < -0.3 is 10.8 Å². The molecule has 2 nitrogen and oxygen atoms in total. The van der Waals surface area contributed by atoms with Crippen molar-refractivity contribution >= 4 is 0 Å². The highest BCUT2D eigenvalue weighted by atomic mass is 16.3. The van der Waals surface area contributed by atoms with Crippen molar-refractivity contribution < 1.29 is 5.11 Å². The van der Waals surface area contributed by atoms with E-state index in [1.165, 1.54) is 17.5 Å². The maximum absolute atomic E-state index is 9.98. The van der Waals surface area contributed by atoms with Gasteiger partial charge in [0.1, 0.15) is 0 Å². The monoisotopic (exact) mass is 247 g/mol. The normalized spacial score (nSPS) is 20.3. The molecule has 2 rings (SSSR count). The summed E-state index contributed by atoms with van der Waals surface area (Å²) in [6.45, 7) is 5.79. The van der Waals surface area contributed by atoms with Crippen molar-refractivity contribution in [3.05, 3.63) is 35.4 Å². The van der Waals surface area contributed by atoms with Crippen molar-refractivity contribution in [3.63, 3.8) is 0 Å². The number of rotatable bonds is 4. The molecule has 2 heteroatoms. The Labute approximate surface area is 110 Å². The predicted octanol–water partition coefficient (Wildman–Crippen LogP) is 2.91. The number of hydrogen-bond acceptors (Lipinski definition) is 2. The van der Waals surface area contributed by atoms with E-state index in [1.807, 2.05) is 13.8 Å². The molecular weight excluding hydrogens is 222 g/mol. The second-order valence-corrected chi connectivity index (χ2v) is 6.50. The van der Waals surface area contributed by atoms with E-state index in [4.69, 9.17) is 5.73 Å². The van der Waals surface area contributed by atoms with Gasteiger partial charge >= 0.3 is 0 Å². The fourth-order valence-electron chi connectivity index (χ4n) is 3.05. The number of nitrogens with two attached hydrogens (primary N) is 1. The topological polar surface area (TPSA) is 46.2 Å². The van der Waals surface area contributed by atoms with Gasteiger partial charge in [-0.2, -0.15) is 0 Å². The smallest absolute Gasteiger partial charge is 0.0606 e. The molecule has 0 saturated heterocycles. The molecule has 1 aliphatic rings. The van der Waals surface area contributed by atoms with Gasteiger partial charge in [0.25, 0.3) is 0 Å². The average molecular weight is 247 g/mol. The van der Waals surface area contributed by atoms with Gasteiger partial charge in [-0.1, -0.05) is 36.2 Å². The molecule has 1 unspecified atom stereocenters. The van der Waals surface area contributed by atoms with E-state index in [-0.39, 0.29) is 11.5 Å². The zero-order valence-corrected chi connectivity index (χ0v) is 11.7. The summed E-state index contributed by atoms with van der Waals surface area (Å²) < 4.78 is 0. The molecule has 1 aliphatic carbocycles. The molecule has 0 aliphatic heterocycles. The standard InChI is InChI=1S/C16H25NO/c1-12-5-7-13(8-6-12)16(9-4-10-16)14(17)11-15(2,3)18/h5-8,14,18H,4,9-11,17H2,1-3H3. The zero-order chi connectivity index (χ0) is 13.4. The molecule has 1 aromatic rings. The first-order valence-electron chi connectivity index (χ1n) is 6.89. The molecule has 3 N–H and O–H groups in total. The van der Waals surface area contributed by atoms with Crippen LogP contribution in [0.15, 0.2) is 24.3 Å². The van der Waals surface area contributed by atoms with Crippen molar-refractivity contribution in [3.8, 4) is 0 Å². The third-order valence-electron chi connectivity index (χ3n) is 4.30. The minimum absolute atomic E-state index is 0.0361. The Kier molecular flexibility index (Phi) is 3.52. The van der Waals surface area contributed by atoms with Gasteiger partial charge in [0.05, 0.1) is 5.60 Å². The van der Waals surface area contributed by atoms with Gasteiger partial charge in [-0.15, -0.1) is 0 Å². The van der Waals surface area contributed by atoms with Crippen LogP contribution in [0.25, 0.3) is 0 Å². The number of aliphatic hydroxyl groups is 1. The van der Waals surface area contributed by atoms with Gasteiger partial charge in [-0.25, -0.2) is 0 Å². The van der Waals surface area contributed by atoms with Gasteiger partial charge in [0.2, 0.25) is 0 Å². The lowest BCUT2D eigenvalue weighted by Gasteiger charge is -2.48. The molecule has 1 aromatic carbocycles. The fourth-order valence-corrected chi connectivity index (χ4v) is 3.05. The van der Waals surface area contributed by atoms with E-state index in [1.54, 1.807) is 0 Å². The second kappa shape index (κ2) is 4.67. The van der Waals surface area contributed by atoms with E-state index >= 15 is 0 Å². The zero-order valence-electron chi connectivity index (χ0n) is 11.7. The van der Waals surface area contributed by atoms with Crippen LogP contribution in [0, 0.1) is 6.92 Å². The summed E-state index contributed by atoms with van der Waals surface area (Å²) in [5.41, 5.74) is 8.44. The molecule has 1 atom stereocenters. The van der Waals surface area contributed by atoms with E-state index < -0.39 is 5.60 Å². The van der Waals surface area contributed by atoms with Crippen LogP contribution >= 0.6 is 0 Å². The summed E-state index contributed by atoms with van der Waals surface area (Å²) >= 11 is 0. The molecule has 0 amide bonds. The van der Waals surface area contributed by atoms with Crippen molar-refractivity contribution in [2.75, 3.05) is 0 Å². The minimum Gasteiger partial charge on any atom is -0.390 e. The van der Waals surface area contributed by atoms with Gasteiger partial charge in [0, 0.05) is 11.5 Å². The predicted molar refractivity (Wildman–Crippen MR) is 75.6 cm³/mol. The lowest BCUT2D eigenvalue weighted by Crippen LogP contribution is -2.52. The van der Waals surface area contributed by atoms with E-state index in [0.717, 1.165) is 12.8 Å². The first-order chi connectivity index (χ1) is 8.33. The first-order valence-corrected chi connectivity index (χ1v) is 6.89. The van der Waals surface area contributed by atoms with Crippen molar-refractivity contribution in [2.45, 2.75) is 63.5 Å². The van der Waals surface area contributed by atoms with Crippen LogP contribution in [0.2, 0.25) is 0 Å². The number of benzene rings is 1.